The number of hydrogen-bond acceptors (Lipinski definition) is 5. The summed E-state index contributed by atoms with van der Waals surface area (Å²) in [5.74, 6) is -0.230. The second kappa shape index (κ2) is 9.06. The summed E-state index contributed by atoms with van der Waals surface area (Å²) >= 11 is 5.96. The zero-order valence-electron chi connectivity index (χ0n) is 19.3. The van der Waals surface area contributed by atoms with Crippen molar-refractivity contribution in [3.8, 4) is 5.75 Å². The van der Waals surface area contributed by atoms with E-state index in [1.165, 1.54) is 7.11 Å². The molecule has 0 saturated heterocycles. The lowest BCUT2D eigenvalue weighted by atomic mass is 9.68. The molecule has 1 N–H and O–H groups in total. The molecule has 2 aromatic carbocycles. The zero-order chi connectivity index (χ0) is 23.8. The number of ketones is 1. The molecule has 4 rings (SSSR count). The first-order chi connectivity index (χ1) is 15.7. The molecule has 1 aliphatic carbocycles. The third-order valence-electron chi connectivity index (χ3n) is 6.16. The number of carbonyl (C=O) groups excluding carboxylic acids is 2. The molecule has 1 aliphatic heterocycles. The number of carbonyl (C=O) groups is 2. The summed E-state index contributed by atoms with van der Waals surface area (Å²) in [5.41, 5.74) is 4.38. The summed E-state index contributed by atoms with van der Waals surface area (Å²) in [5, 5.41) is 4.01. The lowest BCUT2D eigenvalue weighted by Gasteiger charge is -2.39. The number of nitrogens with one attached hydrogen (secondary N) is 1. The van der Waals surface area contributed by atoms with Crippen LogP contribution in [0, 0.1) is 5.41 Å². The van der Waals surface area contributed by atoms with Gasteiger partial charge in [0.25, 0.3) is 0 Å². The van der Waals surface area contributed by atoms with Crippen LogP contribution in [-0.2, 0) is 20.9 Å². The maximum Gasteiger partial charge on any atom is 0.336 e. The monoisotopic (exact) mass is 465 g/mol. The van der Waals surface area contributed by atoms with Gasteiger partial charge in [0.1, 0.15) is 12.4 Å². The van der Waals surface area contributed by atoms with Crippen molar-refractivity contribution in [2.45, 2.75) is 46.1 Å². The van der Waals surface area contributed by atoms with Gasteiger partial charge in [-0.05, 0) is 54.2 Å². The number of benzene rings is 2. The Bertz CT molecular complexity index is 1160. The average molecular weight is 466 g/mol. The first-order valence-corrected chi connectivity index (χ1v) is 11.4. The Morgan fingerprint density at radius 3 is 2.58 bits per heavy atom. The molecule has 6 heteroatoms. The summed E-state index contributed by atoms with van der Waals surface area (Å²) in [6, 6.07) is 15.1. The van der Waals surface area contributed by atoms with E-state index in [1.54, 1.807) is 0 Å². The van der Waals surface area contributed by atoms with Gasteiger partial charge < -0.3 is 14.8 Å². The Balaban J connectivity index is 1.72. The predicted molar refractivity (Wildman–Crippen MR) is 128 cm³/mol. The molecule has 0 saturated carbocycles. The minimum atomic E-state index is -0.503. The van der Waals surface area contributed by atoms with Gasteiger partial charge in [-0.2, -0.15) is 0 Å². The van der Waals surface area contributed by atoms with Gasteiger partial charge in [0.15, 0.2) is 5.78 Å². The van der Waals surface area contributed by atoms with E-state index in [0.29, 0.717) is 40.6 Å². The van der Waals surface area contributed by atoms with Gasteiger partial charge >= 0.3 is 5.97 Å². The molecule has 5 nitrogen and oxygen atoms in total. The highest BCUT2D eigenvalue weighted by molar-refractivity contribution is 6.30. The van der Waals surface area contributed by atoms with Gasteiger partial charge in [-0.15, -0.1) is 0 Å². The molecule has 1 heterocycles. The van der Waals surface area contributed by atoms with E-state index in [-0.39, 0.29) is 11.2 Å². The Morgan fingerprint density at radius 2 is 1.88 bits per heavy atom. The van der Waals surface area contributed by atoms with Crippen LogP contribution in [0.3, 0.4) is 0 Å². The first kappa shape index (κ1) is 23.1. The van der Waals surface area contributed by atoms with Crippen molar-refractivity contribution in [2.75, 3.05) is 7.11 Å². The van der Waals surface area contributed by atoms with E-state index in [2.05, 4.69) is 19.2 Å². The zero-order valence-corrected chi connectivity index (χ0v) is 20.1. The number of rotatable bonds is 5. The second-order valence-electron chi connectivity index (χ2n) is 9.41. The maximum absolute atomic E-state index is 13.3. The van der Waals surface area contributed by atoms with Crippen LogP contribution in [0.4, 0.5) is 0 Å². The fourth-order valence-corrected chi connectivity index (χ4v) is 4.81. The van der Waals surface area contributed by atoms with Crippen molar-refractivity contribution >= 4 is 23.4 Å². The van der Waals surface area contributed by atoms with Crippen LogP contribution >= 0.6 is 11.6 Å². The fourth-order valence-electron chi connectivity index (χ4n) is 4.68. The summed E-state index contributed by atoms with van der Waals surface area (Å²) < 4.78 is 11.1. The molecular formula is C27H28ClNO4. The average Bonchev–Trinajstić information content (AvgIpc) is 2.76. The number of esters is 1. The van der Waals surface area contributed by atoms with Crippen molar-refractivity contribution in [3.63, 3.8) is 0 Å². The molecule has 2 aliphatic rings. The normalized spacial score (nSPS) is 19.7. The highest BCUT2D eigenvalue weighted by Gasteiger charge is 2.43. The van der Waals surface area contributed by atoms with E-state index in [1.807, 2.05) is 55.5 Å². The van der Waals surface area contributed by atoms with Crippen LogP contribution in [0.2, 0.25) is 5.02 Å². The molecule has 33 heavy (non-hydrogen) atoms. The quantitative estimate of drug-likeness (QED) is 0.574. The van der Waals surface area contributed by atoms with Crippen molar-refractivity contribution in [1.82, 2.24) is 5.32 Å². The predicted octanol–water partition coefficient (Wildman–Crippen LogP) is 5.70. The van der Waals surface area contributed by atoms with Crippen LogP contribution < -0.4 is 10.1 Å². The van der Waals surface area contributed by atoms with Gasteiger partial charge in [0, 0.05) is 34.3 Å². The maximum atomic E-state index is 13.3. The highest BCUT2D eigenvalue weighted by Crippen LogP contribution is 2.47. The van der Waals surface area contributed by atoms with Crippen LogP contribution in [0.15, 0.2) is 71.1 Å². The van der Waals surface area contributed by atoms with Crippen LogP contribution in [-0.4, -0.2) is 18.9 Å². The fraction of sp³-hybridized carbons (Fsp3) is 0.333. The molecule has 2 aromatic rings. The summed E-state index contributed by atoms with van der Waals surface area (Å²) in [6.45, 7) is 6.42. The van der Waals surface area contributed by atoms with Crippen molar-refractivity contribution in [3.05, 3.63) is 87.2 Å². The lowest BCUT2D eigenvalue weighted by molar-refractivity contribution is -0.136. The highest BCUT2D eigenvalue weighted by atomic mass is 35.5. The number of allylic oxidation sites excluding steroid dienone is 3. The largest absolute Gasteiger partial charge is 0.489 e. The SMILES string of the molecule is COC(=O)C1=C(C)NC2=C(C(=O)CC(C)(C)C2)[C@@H]1c1cccc(OCc2ccc(Cl)cc2)c1. The Hall–Kier alpha value is -3.05. The third-order valence-corrected chi connectivity index (χ3v) is 6.41. The summed E-state index contributed by atoms with van der Waals surface area (Å²) in [6.07, 6.45) is 1.17. The van der Waals surface area contributed by atoms with Gasteiger partial charge in [-0.3, -0.25) is 4.79 Å². The number of halogens is 1. The molecule has 172 valence electrons. The molecule has 0 spiro atoms. The molecular weight excluding hydrogens is 438 g/mol. The van der Waals surface area contributed by atoms with Gasteiger partial charge in [-0.1, -0.05) is 49.7 Å². The number of ether oxygens (including phenoxy) is 2. The van der Waals surface area contributed by atoms with Crippen LogP contribution in [0.1, 0.15) is 50.7 Å². The number of hydrogen-bond donors (Lipinski definition) is 1. The second-order valence-corrected chi connectivity index (χ2v) is 9.85. The van der Waals surface area contributed by atoms with Crippen LogP contribution in [0.25, 0.3) is 0 Å². The Labute approximate surface area is 199 Å². The van der Waals surface area contributed by atoms with Crippen molar-refractivity contribution in [2.24, 2.45) is 5.41 Å². The first-order valence-electron chi connectivity index (χ1n) is 11.0. The molecule has 0 radical (unpaired) electrons. The van der Waals surface area contributed by atoms with Gasteiger partial charge in [0.2, 0.25) is 0 Å². The Morgan fingerprint density at radius 1 is 1.15 bits per heavy atom. The standard InChI is InChI=1S/C27H28ClNO4/c1-16-23(26(31)32-4)24(25-21(29-16)13-27(2,3)14-22(25)30)18-6-5-7-20(12-18)33-15-17-8-10-19(28)11-9-17/h5-12,24,29H,13-15H2,1-4H3/t24-/m1/s1. The molecule has 0 amide bonds. The minimum absolute atomic E-state index is 0.0557. The van der Waals surface area contributed by atoms with Crippen molar-refractivity contribution < 1.29 is 19.1 Å². The molecule has 0 aromatic heterocycles. The van der Waals surface area contributed by atoms with E-state index in [9.17, 15) is 9.59 Å². The Kier molecular flexibility index (Phi) is 6.35. The molecule has 1 atom stereocenters. The molecule has 0 unspecified atom stereocenters. The minimum Gasteiger partial charge on any atom is -0.489 e. The van der Waals surface area contributed by atoms with Gasteiger partial charge in [0.05, 0.1) is 12.7 Å². The smallest absolute Gasteiger partial charge is 0.336 e. The summed E-state index contributed by atoms with van der Waals surface area (Å²) in [4.78, 5) is 26.1. The van der Waals surface area contributed by atoms with E-state index >= 15 is 0 Å². The lowest BCUT2D eigenvalue weighted by Crippen LogP contribution is -2.38. The van der Waals surface area contributed by atoms with Crippen LogP contribution in [0.5, 0.6) is 5.75 Å². The molecule has 0 fully saturated rings. The number of methoxy groups -OCH3 is 1. The number of Topliss-reactive ketones (excluding diaryl/α,β-unsaturated/α-hetero) is 1. The van der Waals surface area contributed by atoms with E-state index < -0.39 is 11.9 Å². The number of dihydropyridines is 1. The third kappa shape index (κ3) is 4.83. The van der Waals surface area contributed by atoms with Gasteiger partial charge in [-0.25, -0.2) is 4.79 Å². The summed E-state index contributed by atoms with van der Waals surface area (Å²) in [7, 11) is 1.36. The van der Waals surface area contributed by atoms with E-state index in [4.69, 9.17) is 21.1 Å². The topological polar surface area (TPSA) is 64.6 Å². The van der Waals surface area contributed by atoms with Crippen molar-refractivity contribution in [1.29, 1.82) is 0 Å². The molecule has 0 bridgehead atoms. The van der Waals surface area contributed by atoms with E-state index in [0.717, 1.165) is 23.2 Å².